The number of hydrogen-bond acceptors (Lipinski definition) is 5. The second kappa shape index (κ2) is 8.17. The Morgan fingerprint density at radius 2 is 1.80 bits per heavy atom. The summed E-state index contributed by atoms with van der Waals surface area (Å²) in [6, 6.07) is 3.48. The van der Waals surface area contributed by atoms with E-state index in [-0.39, 0.29) is 18.6 Å². The van der Waals surface area contributed by atoms with E-state index in [1.807, 2.05) is 14.1 Å². The topological polar surface area (TPSA) is 68.7 Å². The van der Waals surface area contributed by atoms with Crippen LogP contribution in [0.2, 0.25) is 0 Å². The van der Waals surface area contributed by atoms with Crippen molar-refractivity contribution in [2.24, 2.45) is 29.6 Å². The number of pyridine rings is 1. The summed E-state index contributed by atoms with van der Waals surface area (Å²) in [6.07, 6.45) is 7.39. The second-order valence-electron chi connectivity index (χ2n) is 10.3. The average Bonchev–Trinajstić information content (AvgIpc) is 2.89. The van der Waals surface area contributed by atoms with Crippen LogP contribution in [-0.4, -0.2) is 61.4 Å². The lowest BCUT2D eigenvalue weighted by Crippen LogP contribution is -2.44. The van der Waals surface area contributed by atoms with Crippen molar-refractivity contribution in [3.05, 3.63) is 24.0 Å². The van der Waals surface area contributed by atoms with Gasteiger partial charge in [0.1, 0.15) is 12.2 Å². The van der Waals surface area contributed by atoms with Crippen LogP contribution in [0.3, 0.4) is 0 Å². The van der Waals surface area contributed by atoms with Gasteiger partial charge in [0.05, 0.1) is 20.0 Å². The number of carbonyl (C=O) groups excluding carboxylic acids is 2. The summed E-state index contributed by atoms with van der Waals surface area (Å²) < 4.78 is 11.7. The predicted octanol–water partition coefficient (Wildman–Crippen LogP) is 3.29. The van der Waals surface area contributed by atoms with Crippen LogP contribution < -0.4 is 4.74 Å². The maximum absolute atomic E-state index is 12.9. The van der Waals surface area contributed by atoms with Gasteiger partial charge in [-0.2, -0.15) is 0 Å². The summed E-state index contributed by atoms with van der Waals surface area (Å²) in [5, 5.41) is 0. The van der Waals surface area contributed by atoms with E-state index in [9.17, 15) is 9.59 Å². The zero-order valence-corrected chi connectivity index (χ0v) is 18.5. The molecule has 0 unspecified atom stereocenters. The van der Waals surface area contributed by atoms with E-state index < -0.39 is 6.09 Å². The molecule has 0 N–H and O–H groups in total. The summed E-state index contributed by atoms with van der Waals surface area (Å²) in [4.78, 5) is 30.6. The zero-order chi connectivity index (χ0) is 21.5. The SMILES string of the molecule is CN(C)C(=O)Oc1cccnc1C[N+](C)(C)COC(=O)[C@H]1C[C@H]2C[C@H]3C[C@H]2C[C@H]1C3. The Morgan fingerprint density at radius 1 is 1.10 bits per heavy atom. The largest absolute Gasteiger partial charge is 0.415 e. The monoisotopic (exact) mass is 416 g/mol. The molecule has 1 aromatic heterocycles. The van der Waals surface area contributed by atoms with Crippen LogP contribution in [-0.2, 0) is 16.1 Å². The number of nitrogens with zero attached hydrogens (tertiary/aromatic N) is 3. The Balaban J connectivity index is 1.35. The van der Waals surface area contributed by atoms with Gasteiger partial charge in [-0.3, -0.25) is 14.3 Å². The van der Waals surface area contributed by atoms with E-state index in [4.69, 9.17) is 9.47 Å². The fraction of sp³-hybridized carbons (Fsp3) is 0.696. The molecule has 0 spiro atoms. The molecule has 1 heterocycles. The molecule has 4 rings (SSSR count). The summed E-state index contributed by atoms with van der Waals surface area (Å²) in [6.45, 7) is 0.766. The maximum atomic E-state index is 12.9. The minimum Gasteiger partial charge on any atom is -0.415 e. The molecular weight excluding hydrogens is 382 g/mol. The highest BCUT2D eigenvalue weighted by Gasteiger charge is 2.50. The number of amides is 1. The molecule has 7 nitrogen and oxygen atoms in total. The summed E-state index contributed by atoms with van der Waals surface area (Å²) >= 11 is 0. The molecule has 3 fully saturated rings. The van der Waals surface area contributed by atoms with Crippen LogP contribution in [0.15, 0.2) is 18.3 Å². The van der Waals surface area contributed by atoms with Gasteiger partial charge in [-0.05, 0) is 67.9 Å². The van der Waals surface area contributed by atoms with E-state index in [2.05, 4.69) is 4.98 Å². The first kappa shape index (κ1) is 21.1. The van der Waals surface area contributed by atoms with E-state index in [0.717, 1.165) is 24.2 Å². The molecule has 0 saturated heterocycles. The fourth-order valence-corrected chi connectivity index (χ4v) is 5.77. The zero-order valence-electron chi connectivity index (χ0n) is 18.5. The molecule has 1 amide bonds. The number of aromatic nitrogens is 1. The van der Waals surface area contributed by atoms with Crippen molar-refractivity contribution in [1.82, 2.24) is 9.88 Å². The van der Waals surface area contributed by atoms with Crippen molar-refractivity contribution in [3.63, 3.8) is 0 Å². The molecular formula is C23H34N3O4+. The van der Waals surface area contributed by atoms with Crippen LogP contribution in [0.25, 0.3) is 0 Å². The Labute approximate surface area is 178 Å². The molecule has 3 bridgehead atoms. The standard InChI is InChI=1S/C23H34N3O4/c1-25(2)23(28)30-21-6-5-7-24-20(21)13-26(3,4)14-29-22(27)19-12-17-9-15-8-16(17)11-18(19)10-15/h5-7,15-19H,8-14H2,1-4H3/q+1/t15-,16+,17-,18-,19+/m1/s1. The molecule has 3 saturated carbocycles. The highest BCUT2D eigenvalue weighted by Crippen LogP contribution is 2.57. The summed E-state index contributed by atoms with van der Waals surface area (Å²) in [5.41, 5.74) is 0.669. The third-order valence-corrected chi connectivity index (χ3v) is 7.15. The minimum atomic E-state index is -0.442. The van der Waals surface area contributed by atoms with Crippen molar-refractivity contribution >= 4 is 12.1 Å². The molecule has 164 valence electrons. The first-order valence-corrected chi connectivity index (χ1v) is 11.0. The van der Waals surface area contributed by atoms with Gasteiger partial charge in [-0.1, -0.05) is 0 Å². The van der Waals surface area contributed by atoms with E-state index in [1.165, 1.54) is 30.6 Å². The Morgan fingerprint density at radius 3 is 2.53 bits per heavy atom. The van der Waals surface area contributed by atoms with E-state index >= 15 is 0 Å². The van der Waals surface area contributed by atoms with Crippen LogP contribution in [0.1, 0.15) is 37.8 Å². The summed E-state index contributed by atoms with van der Waals surface area (Å²) in [7, 11) is 7.27. The molecule has 30 heavy (non-hydrogen) atoms. The number of quaternary nitrogens is 1. The van der Waals surface area contributed by atoms with Crippen molar-refractivity contribution in [2.75, 3.05) is 34.9 Å². The minimum absolute atomic E-state index is 0.0301. The van der Waals surface area contributed by atoms with Gasteiger partial charge in [-0.25, -0.2) is 4.79 Å². The van der Waals surface area contributed by atoms with Gasteiger partial charge >= 0.3 is 12.1 Å². The van der Waals surface area contributed by atoms with Gasteiger partial charge in [0, 0.05) is 20.3 Å². The van der Waals surface area contributed by atoms with Gasteiger partial charge in [-0.15, -0.1) is 0 Å². The van der Waals surface area contributed by atoms with E-state index in [0.29, 0.717) is 28.4 Å². The third kappa shape index (κ3) is 4.46. The number of ether oxygens (including phenoxy) is 2. The summed E-state index contributed by atoms with van der Waals surface area (Å²) in [5.74, 6) is 3.43. The van der Waals surface area contributed by atoms with Gasteiger partial charge in [0.25, 0.3) is 0 Å². The van der Waals surface area contributed by atoms with Crippen molar-refractivity contribution < 1.29 is 23.5 Å². The highest BCUT2D eigenvalue weighted by atomic mass is 16.6. The molecule has 7 heteroatoms. The van der Waals surface area contributed by atoms with Crippen LogP contribution in [0.5, 0.6) is 5.75 Å². The van der Waals surface area contributed by atoms with Gasteiger partial charge in [0.15, 0.2) is 5.75 Å². The Hall–Kier alpha value is -2.15. The Bertz CT molecular complexity index is 807. The molecule has 5 atom stereocenters. The second-order valence-corrected chi connectivity index (χ2v) is 10.3. The lowest BCUT2D eigenvalue weighted by molar-refractivity contribution is -0.920. The molecule has 3 aliphatic carbocycles. The highest BCUT2D eigenvalue weighted by molar-refractivity contribution is 5.73. The van der Waals surface area contributed by atoms with Gasteiger partial charge in [0.2, 0.25) is 6.73 Å². The van der Waals surface area contributed by atoms with E-state index in [1.54, 1.807) is 32.4 Å². The molecule has 3 aliphatic rings. The first-order valence-electron chi connectivity index (χ1n) is 11.0. The number of hydrogen-bond donors (Lipinski definition) is 0. The Kier molecular flexibility index (Phi) is 5.75. The maximum Gasteiger partial charge on any atom is 0.414 e. The number of carbonyl (C=O) groups is 2. The van der Waals surface area contributed by atoms with Crippen LogP contribution >= 0.6 is 0 Å². The number of fused-ring (bicyclic) bond motifs is 2. The normalized spacial score (nSPS) is 29.5. The van der Waals surface area contributed by atoms with Gasteiger partial charge < -0.3 is 14.4 Å². The van der Waals surface area contributed by atoms with Crippen LogP contribution in [0.4, 0.5) is 4.79 Å². The molecule has 0 aromatic carbocycles. The number of rotatable bonds is 6. The van der Waals surface area contributed by atoms with Crippen molar-refractivity contribution in [2.45, 2.75) is 38.6 Å². The predicted molar refractivity (Wildman–Crippen MR) is 111 cm³/mol. The van der Waals surface area contributed by atoms with Crippen molar-refractivity contribution in [1.29, 1.82) is 0 Å². The lowest BCUT2D eigenvalue weighted by Gasteiger charge is -2.39. The number of esters is 1. The van der Waals surface area contributed by atoms with Crippen LogP contribution in [0, 0.1) is 29.6 Å². The molecule has 0 aliphatic heterocycles. The molecule has 0 radical (unpaired) electrons. The lowest BCUT2D eigenvalue weighted by atomic mass is 9.67. The average molecular weight is 417 g/mol. The van der Waals surface area contributed by atoms with Crippen molar-refractivity contribution in [3.8, 4) is 5.75 Å². The first-order chi connectivity index (χ1) is 14.2. The fourth-order valence-electron chi connectivity index (χ4n) is 5.77. The molecule has 1 aromatic rings. The third-order valence-electron chi connectivity index (χ3n) is 7.15. The smallest absolute Gasteiger partial charge is 0.414 e. The quantitative estimate of drug-likeness (QED) is 0.404.